The van der Waals surface area contributed by atoms with E-state index in [9.17, 15) is 19.7 Å². The van der Waals surface area contributed by atoms with Crippen molar-refractivity contribution in [2.24, 2.45) is 5.16 Å². The van der Waals surface area contributed by atoms with Crippen LogP contribution in [0.1, 0.15) is 17.9 Å². The summed E-state index contributed by atoms with van der Waals surface area (Å²) in [4.78, 5) is 6.74. The molecule has 1 unspecified atom stereocenters. The fraction of sp³-hybridized carbons (Fsp3) is 0.294. The Morgan fingerprint density at radius 1 is 1.29 bits per heavy atom. The van der Waals surface area contributed by atoms with E-state index in [1.807, 2.05) is 0 Å². The summed E-state index contributed by atoms with van der Waals surface area (Å²) >= 11 is 5.75. The third-order valence-electron chi connectivity index (χ3n) is 4.78. The highest BCUT2D eigenvalue weighted by Crippen LogP contribution is 2.37. The van der Waals surface area contributed by atoms with Crippen LogP contribution in [0.5, 0.6) is 0 Å². The number of aromatic amines is 1. The molecule has 5 N–H and O–H groups in total. The summed E-state index contributed by atoms with van der Waals surface area (Å²) < 4.78 is 20.6. The van der Waals surface area contributed by atoms with Crippen LogP contribution in [0.15, 0.2) is 41.9 Å². The number of hydrogen-bond donors (Lipinski definition) is 5. The van der Waals surface area contributed by atoms with Gasteiger partial charge in [0.25, 0.3) is 0 Å². The largest absolute Gasteiger partial charge is 0.409 e. The Bertz CT molecular complexity index is 1090. The highest BCUT2D eigenvalue weighted by molar-refractivity contribution is 6.30. The number of nitrogens with one attached hydrogen (secondary N) is 1. The van der Waals surface area contributed by atoms with Crippen molar-refractivity contribution in [3.8, 4) is 0 Å². The summed E-state index contributed by atoms with van der Waals surface area (Å²) in [6.07, 6.45) is -3.54. The molecule has 9 nitrogen and oxygen atoms in total. The Kier molecular flexibility index (Phi) is 4.81. The number of aliphatic hydroxyl groups is 3. The van der Waals surface area contributed by atoms with Gasteiger partial charge in [0, 0.05) is 6.20 Å². The van der Waals surface area contributed by atoms with E-state index < -0.39 is 36.5 Å². The zero-order valence-electron chi connectivity index (χ0n) is 14.1. The number of fused-ring (bicyclic) bond motifs is 1. The molecular formula is C17H16ClFN4O5. The minimum absolute atomic E-state index is 0.0677. The first-order chi connectivity index (χ1) is 13.4. The monoisotopic (exact) mass is 410 g/mol. The predicted octanol–water partition coefficient (Wildman–Crippen LogP) is 0.800. The molecular weight excluding hydrogens is 395 g/mol. The Morgan fingerprint density at radius 2 is 2.07 bits per heavy atom. The third-order valence-corrected chi connectivity index (χ3v) is 5.07. The molecule has 1 aromatic carbocycles. The molecule has 0 aliphatic carbocycles. The molecule has 0 bridgehead atoms. The standard InChI is InChI=1S/C17H16ClFN4O5/c18-9-5-7(1-2-10(9)19)11(24)14-12(25)13(26)17(28-14)23-4-3-8-15(22-27)20-6-21-16(8)23/h1-6,11-14,17,24-27H,(H,20,21,22)/t11?,12-,13+,14+,17+/m0/s1. The maximum atomic E-state index is 13.4. The van der Waals surface area contributed by atoms with Gasteiger partial charge >= 0.3 is 0 Å². The molecule has 2 aromatic heterocycles. The Morgan fingerprint density at radius 3 is 2.79 bits per heavy atom. The van der Waals surface area contributed by atoms with Crippen molar-refractivity contribution in [1.29, 1.82) is 0 Å². The second kappa shape index (κ2) is 7.15. The number of rotatable bonds is 3. The molecule has 1 aliphatic rings. The smallest absolute Gasteiger partial charge is 0.203 e. The fourth-order valence-corrected chi connectivity index (χ4v) is 3.55. The van der Waals surface area contributed by atoms with Crippen molar-refractivity contribution in [3.05, 3.63) is 58.7 Å². The second-order valence-corrected chi connectivity index (χ2v) is 6.81. The van der Waals surface area contributed by atoms with E-state index in [-0.39, 0.29) is 16.1 Å². The first-order valence-electron chi connectivity index (χ1n) is 8.29. The Hall–Kier alpha value is -2.50. The van der Waals surface area contributed by atoms with Crippen LogP contribution in [0.25, 0.3) is 11.0 Å². The lowest BCUT2D eigenvalue weighted by atomic mass is 9.99. The molecule has 11 heteroatoms. The van der Waals surface area contributed by atoms with Gasteiger partial charge in [0.1, 0.15) is 35.9 Å². The van der Waals surface area contributed by atoms with E-state index in [1.54, 1.807) is 12.3 Å². The number of aromatic nitrogens is 3. The summed E-state index contributed by atoms with van der Waals surface area (Å²) in [7, 11) is 0. The summed E-state index contributed by atoms with van der Waals surface area (Å²) in [5, 5.41) is 43.9. The second-order valence-electron chi connectivity index (χ2n) is 6.40. The van der Waals surface area contributed by atoms with Gasteiger partial charge in [-0.15, -0.1) is 0 Å². The number of aliphatic hydroxyl groups excluding tert-OH is 3. The van der Waals surface area contributed by atoms with Crippen LogP contribution in [0, 0.1) is 5.82 Å². The molecule has 0 saturated carbocycles. The lowest BCUT2D eigenvalue weighted by Gasteiger charge is -2.21. The van der Waals surface area contributed by atoms with Gasteiger partial charge in [-0.05, 0) is 23.8 Å². The lowest BCUT2D eigenvalue weighted by Crippen LogP contribution is -2.34. The minimum Gasteiger partial charge on any atom is -0.409 e. The van der Waals surface area contributed by atoms with Crippen molar-refractivity contribution < 1.29 is 29.7 Å². The minimum atomic E-state index is -1.43. The van der Waals surface area contributed by atoms with Crippen molar-refractivity contribution in [1.82, 2.24) is 14.5 Å². The van der Waals surface area contributed by atoms with Crippen LogP contribution in [0.2, 0.25) is 5.02 Å². The van der Waals surface area contributed by atoms with Gasteiger partial charge in [0.05, 0.1) is 16.7 Å². The fourth-order valence-electron chi connectivity index (χ4n) is 3.36. The summed E-state index contributed by atoms with van der Waals surface area (Å²) in [5.41, 5.74) is 0.731. The zero-order valence-corrected chi connectivity index (χ0v) is 14.9. The number of H-pyrrole nitrogens is 1. The van der Waals surface area contributed by atoms with Crippen LogP contribution < -0.4 is 5.49 Å². The van der Waals surface area contributed by atoms with Crippen molar-refractivity contribution in [2.75, 3.05) is 0 Å². The molecule has 5 atom stereocenters. The average molecular weight is 411 g/mol. The van der Waals surface area contributed by atoms with Crippen molar-refractivity contribution in [3.63, 3.8) is 0 Å². The SMILES string of the molecule is ON=c1nc[nH]c2c1ccn2[C@@H]1O[C@H](C(O)c2ccc(F)c(Cl)c2)[C@@H](O)[C@H]1O. The molecule has 1 fully saturated rings. The van der Waals surface area contributed by atoms with E-state index in [2.05, 4.69) is 15.1 Å². The van der Waals surface area contributed by atoms with Gasteiger partial charge in [0.2, 0.25) is 5.49 Å². The van der Waals surface area contributed by atoms with Crippen LogP contribution in [-0.4, -0.2) is 53.4 Å². The van der Waals surface area contributed by atoms with Gasteiger partial charge in [-0.2, -0.15) is 0 Å². The van der Waals surface area contributed by atoms with Gasteiger partial charge in [-0.3, -0.25) is 0 Å². The molecule has 0 radical (unpaired) electrons. The first-order valence-corrected chi connectivity index (χ1v) is 8.67. The molecule has 1 saturated heterocycles. The summed E-state index contributed by atoms with van der Waals surface area (Å²) in [6.45, 7) is 0. The maximum Gasteiger partial charge on any atom is 0.203 e. The van der Waals surface area contributed by atoms with Gasteiger partial charge in [-0.1, -0.05) is 22.8 Å². The number of hydrogen-bond acceptors (Lipinski definition) is 7. The third kappa shape index (κ3) is 2.95. The van der Waals surface area contributed by atoms with Crippen LogP contribution in [-0.2, 0) is 4.74 Å². The van der Waals surface area contributed by atoms with Crippen LogP contribution in [0.3, 0.4) is 0 Å². The topological polar surface area (TPSA) is 136 Å². The molecule has 0 amide bonds. The number of ether oxygens (including phenoxy) is 1. The molecule has 0 spiro atoms. The summed E-state index contributed by atoms with van der Waals surface area (Å²) in [6, 6.07) is 5.25. The van der Waals surface area contributed by atoms with E-state index >= 15 is 0 Å². The highest BCUT2D eigenvalue weighted by atomic mass is 35.5. The van der Waals surface area contributed by atoms with E-state index in [0.717, 1.165) is 6.07 Å². The molecule has 1 aliphatic heterocycles. The van der Waals surface area contributed by atoms with Crippen LogP contribution in [0.4, 0.5) is 4.39 Å². The Labute approximate surface area is 161 Å². The van der Waals surface area contributed by atoms with E-state index in [0.29, 0.717) is 11.0 Å². The summed E-state index contributed by atoms with van der Waals surface area (Å²) in [5.74, 6) is -0.642. The molecule has 3 aromatic rings. The van der Waals surface area contributed by atoms with Gasteiger partial charge in [0.15, 0.2) is 6.23 Å². The predicted molar refractivity (Wildman–Crippen MR) is 93.7 cm³/mol. The molecule has 28 heavy (non-hydrogen) atoms. The van der Waals surface area contributed by atoms with E-state index in [1.165, 1.54) is 23.0 Å². The molecule has 3 heterocycles. The highest BCUT2D eigenvalue weighted by Gasteiger charge is 2.47. The quantitative estimate of drug-likeness (QED) is 0.320. The zero-order chi connectivity index (χ0) is 20.0. The van der Waals surface area contributed by atoms with Crippen LogP contribution >= 0.6 is 11.6 Å². The maximum absolute atomic E-state index is 13.4. The van der Waals surface area contributed by atoms with E-state index in [4.69, 9.17) is 21.5 Å². The molecule has 4 rings (SSSR count). The number of benzene rings is 1. The number of nitrogens with zero attached hydrogens (tertiary/aromatic N) is 3. The van der Waals surface area contributed by atoms with Crippen molar-refractivity contribution >= 4 is 22.6 Å². The average Bonchev–Trinajstić information content (AvgIpc) is 3.25. The normalized spacial score (nSPS) is 26.8. The van der Waals surface area contributed by atoms with Gasteiger partial charge < -0.3 is 34.8 Å². The molecule has 148 valence electrons. The number of halogens is 2. The lowest BCUT2D eigenvalue weighted by molar-refractivity contribution is -0.0848. The first kappa shape index (κ1) is 18.8. The van der Waals surface area contributed by atoms with Crippen molar-refractivity contribution in [2.45, 2.75) is 30.6 Å². The Balaban J connectivity index is 1.67. The van der Waals surface area contributed by atoms with Gasteiger partial charge in [-0.25, -0.2) is 9.37 Å².